The molecule has 0 amide bonds. The smallest absolute Gasteiger partial charge is 0.226 e. The summed E-state index contributed by atoms with van der Waals surface area (Å²) in [6.07, 6.45) is 6.24. The molecular formula is C17H22N2O2. The first-order valence-electron chi connectivity index (χ1n) is 7.71. The minimum Gasteiger partial charge on any atom is -0.444 e. The van der Waals surface area contributed by atoms with Crippen LogP contribution in [0.15, 0.2) is 41.0 Å². The van der Waals surface area contributed by atoms with Crippen molar-refractivity contribution in [2.45, 2.75) is 38.3 Å². The first kappa shape index (κ1) is 14.3. The SMILES string of the molecule is OCCCCN(Cc1coc(-c2ccccc2)n1)C1CC1. The monoisotopic (exact) mass is 286 g/mol. The van der Waals surface area contributed by atoms with Gasteiger partial charge in [0.2, 0.25) is 5.89 Å². The summed E-state index contributed by atoms with van der Waals surface area (Å²) in [6, 6.07) is 10.7. The lowest BCUT2D eigenvalue weighted by Crippen LogP contribution is -2.27. The summed E-state index contributed by atoms with van der Waals surface area (Å²) in [5.41, 5.74) is 2.01. The molecule has 2 aromatic rings. The van der Waals surface area contributed by atoms with Crippen molar-refractivity contribution < 1.29 is 9.52 Å². The number of nitrogens with zero attached hydrogens (tertiary/aromatic N) is 2. The van der Waals surface area contributed by atoms with Crippen molar-refractivity contribution in [3.63, 3.8) is 0 Å². The number of aromatic nitrogens is 1. The number of unbranched alkanes of at least 4 members (excludes halogenated alkanes) is 1. The first-order valence-corrected chi connectivity index (χ1v) is 7.71. The molecule has 1 aliphatic rings. The van der Waals surface area contributed by atoms with Gasteiger partial charge >= 0.3 is 0 Å². The van der Waals surface area contributed by atoms with E-state index in [1.165, 1.54) is 12.8 Å². The van der Waals surface area contributed by atoms with E-state index in [1.807, 2.05) is 30.3 Å². The molecule has 0 aliphatic heterocycles. The third-order valence-corrected chi connectivity index (χ3v) is 3.85. The van der Waals surface area contributed by atoms with Gasteiger partial charge in [-0.25, -0.2) is 4.98 Å². The van der Waals surface area contributed by atoms with Gasteiger partial charge in [0.05, 0.1) is 5.69 Å². The van der Waals surface area contributed by atoms with Gasteiger partial charge < -0.3 is 9.52 Å². The highest BCUT2D eigenvalue weighted by molar-refractivity contribution is 5.52. The van der Waals surface area contributed by atoms with Crippen LogP contribution in [-0.2, 0) is 6.54 Å². The van der Waals surface area contributed by atoms with Crippen molar-refractivity contribution in [3.05, 3.63) is 42.3 Å². The highest BCUT2D eigenvalue weighted by Gasteiger charge is 2.29. The Morgan fingerprint density at radius 2 is 2.00 bits per heavy atom. The van der Waals surface area contributed by atoms with Crippen molar-refractivity contribution in [3.8, 4) is 11.5 Å². The zero-order valence-electron chi connectivity index (χ0n) is 12.2. The fourth-order valence-corrected chi connectivity index (χ4v) is 2.56. The Hall–Kier alpha value is -1.65. The molecular weight excluding hydrogens is 264 g/mol. The van der Waals surface area contributed by atoms with E-state index < -0.39 is 0 Å². The van der Waals surface area contributed by atoms with Gasteiger partial charge in [-0.15, -0.1) is 0 Å². The molecule has 0 radical (unpaired) electrons. The van der Waals surface area contributed by atoms with Crippen LogP contribution in [0.4, 0.5) is 0 Å². The topological polar surface area (TPSA) is 49.5 Å². The Kier molecular flexibility index (Phi) is 4.68. The van der Waals surface area contributed by atoms with Gasteiger partial charge in [0.25, 0.3) is 0 Å². The van der Waals surface area contributed by atoms with E-state index in [-0.39, 0.29) is 6.61 Å². The molecule has 0 bridgehead atoms. The van der Waals surface area contributed by atoms with Crippen LogP contribution < -0.4 is 0 Å². The van der Waals surface area contributed by atoms with Crippen LogP contribution in [0.25, 0.3) is 11.5 Å². The second kappa shape index (κ2) is 6.87. The molecule has 0 atom stereocenters. The molecule has 1 heterocycles. The predicted octanol–water partition coefficient (Wildman–Crippen LogP) is 3.08. The molecule has 0 unspecified atom stereocenters. The number of oxazole rings is 1. The second-order valence-electron chi connectivity index (χ2n) is 5.64. The minimum atomic E-state index is 0.278. The van der Waals surface area contributed by atoms with Crippen LogP contribution in [0.1, 0.15) is 31.4 Å². The summed E-state index contributed by atoms with van der Waals surface area (Å²) < 4.78 is 5.60. The predicted molar refractivity (Wildman–Crippen MR) is 81.7 cm³/mol. The Bertz CT molecular complexity index is 549. The van der Waals surface area contributed by atoms with E-state index in [9.17, 15) is 0 Å². The lowest BCUT2D eigenvalue weighted by molar-refractivity contribution is 0.227. The molecule has 112 valence electrons. The van der Waals surface area contributed by atoms with E-state index in [0.717, 1.165) is 37.2 Å². The zero-order chi connectivity index (χ0) is 14.5. The van der Waals surface area contributed by atoms with Crippen molar-refractivity contribution in [2.75, 3.05) is 13.2 Å². The normalized spacial score (nSPS) is 14.8. The molecule has 3 rings (SSSR count). The molecule has 1 fully saturated rings. The van der Waals surface area contributed by atoms with Gasteiger partial charge in [0.15, 0.2) is 0 Å². The molecule has 1 aromatic heterocycles. The summed E-state index contributed by atoms with van der Waals surface area (Å²) in [7, 11) is 0. The van der Waals surface area contributed by atoms with Crippen LogP contribution in [0, 0.1) is 0 Å². The van der Waals surface area contributed by atoms with Crippen LogP contribution in [0.2, 0.25) is 0 Å². The summed E-state index contributed by atoms with van der Waals surface area (Å²) >= 11 is 0. The second-order valence-corrected chi connectivity index (χ2v) is 5.64. The molecule has 0 saturated heterocycles. The van der Waals surface area contributed by atoms with Crippen LogP contribution in [0.5, 0.6) is 0 Å². The van der Waals surface area contributed by atoms with Gasteiger partial charge in [0.1, 0.15) is 6.26 Å². The molecule has 21 heavy (non-hydrogen) atoms. The number of aliphatic hydroxyl groups is 1. The maximum atomic E-state index is 8.91. The van der Waals surface area contributed by atoms with E-state index in [0.29, 0.717) is 11.9 Å². The molecule has 1 aromatic carbocycles. The van der Waals surface area contributed by atoms with Crippen LogP contribution >= 0.6 is 0 Å². The van der Waals surface area contributed by atoms with Gasteiger partial charge in [0, 0.05) is 24.8 Å². The molecule has 4 nitrogen and oxygen atoms in total. The quantitative estimate of drug-likeness (QED) is 0.758. The maximum absolute atomic E-state index is 8.91. The Morgan fingerprint density at radius 1 is 1.19 bits per heavy atom. The van der Waals surface area contributed by atoms with E-state index in [4.69, 9.17) is 9.52 Å². The highest BCUT2D eigenvalue weighted by Crippen LogP contribution is 2.29. The van der Waals surface area contributed by atoms with Gasteiger partial charge in [-0.2, -0.15) is 0 Å². The molecule has 4 heteroatoms. The van der Waals surface area contributed by atoms with Crippen molar-refractivity contribution in [1.82, 2.24) is 9.88 Å². The lowest BCUT2D eigenvalue weighted by atomic mass is 10.2. The average molecular weight is 286 g/mol. The first-order chi connectivity index (χ1) is 10.4. The average Bonchev–Trinajstić information content (AvgIpc) is 3.27. The van der Waals surface area contributed by atoms with E-state index in [1.54, 1.807) is 6.26 Å². The largest absolute Gasteiger partial charge is 0.444 e. The fraction of sp³-hybridized carbons (Fsp3) is 0.471. The number of hydrogen-bond acceptors (Lipinski definition) is 4. The third kappa shape index (κ3) is 3.93. The Morgan fingerprint density at radius 3 is 2.71 bits per heavy atom. The number of rotatable bonds is 8. The van der Waals surface area contributed by atoms with Gasteiger partial charge in [-0.05, 0) is 44.4 Å². The number of benzene rings is 1. The standard InChI is InChI=1S/C17H22N2O2/c20-11-5-4-10-19(16-8-9-16)12-15-13-21-17(18-15)14-6-2-1-3-7-14/h1-3,6-7,13,16,20H,4-5,8-12H2. The third-order valence-electron chi connectivity index (χ3n) is 3.85. The van der Waals surface area contributed by atoms with Crippen molar-refractivity contribution in [1.29, 1.82) is 0 Å². The van der Waals surface area contributed by atoms with Gasteiger partial charge in [-0.1, -0.05) is 18.2 Å². The summed E-state index contributed by atoms with van der Waals surface area (Å²) in [5.74, 6) is 0.691. The number of aliphatic hydroxyl groups excluding tert-OH is 1. The molecule has 1 saturated carbocycles. The van der Waals surface area contributed by atoms with Crippen LogP contribution in [0.3, 0.4) is 0 Å². The van der Waals surface area contributed by atoms with E-state index in [2.05, 4.69) is 9.88 Å². The minimum absolute atomic E-state index is 0.278. The van der Waals surface area contributed by atoms with Crippen LogP contribution in [-0.4, -0.2) is 34.2 Å². The van der Waals surface area contributed by atoms with Gasteiger partial charge in [-0.3, -0.25) is 4.90 Å². The summed E-state index contributed by atoms with van der Waals surface area (Å²) in [6.45, 7) is 2.14. The molecule has 0 spiro atoms. The van der Waals surface area contributed by atoms with Crippen molar-refractivity contribution >= 4 is 0 Å². The molecule has 1 N–H and O–H groups in total. The number of hydrogen-bond donors (Lipinski definition) is 1. The summed E-state index contributed by atoms with van der Waals surface area (Å²) in [5, 5.41) is 8.91. The lowest BCUT2D eigenvalue weighted by Gasteiger charge is -2.20. The zero-order valence-corrected chi connectivity index (χ0v) is 12.2. The Labute approximate surface area is 125 Å². The van der Waals surface area contributed by atoms with E-state index >= 15 is 0 Å². The highest BCUT2D eigenvalue weighted by atomic mass is 16.3. The van der Waals surface area contributed by atoms with Crippen molar-refractivity contribution in [2.24, 2.45) is 0 Å². The maximum Gasteiger partial charge on any atom is 0.226 e. The Balaban J connectivity index is 1.62. The fourth-order valence-electron chi connectivity index (χ4n) is 2.56. The summed E-state index contributed by atoms with van der Waals surface area (Å²) in [4.78, 5) is 7.06. The molecule has 1 aliphatic carbocycles.